The molecule has 0 spiro atoms. The van der Waals surface area contributed by atoms with Gasteiger partial charge in [-0.1, -0.05) is 84.9 Å². The number of benzene rings is 3. The third kappa shape index (κ3) is 15.8. The maximum atomic E-state index is 12.8. The summed E-state index contributed by atoms with van der Waals surface area (Å²) in [7, 11) is 0. The van der Waals surface area contributed by atoms with Gasteiger partial charge in [0, 0.05) is 125 Å². The van der Waals surface area contributed by atoms with Crippen molar-refractivity contribution < 1.29 is 26.3 Å². The van der Waals surface area contributed by atoms with Crippen molar-refractivity contribution in [2.75, 3.05) is 0 Å². The van der Waals surface area contributed by atoms with E-state index in [1.165, 1.54) is 42.8 Å². The second-order valence-corrected chi connectivity index (χ2v) is 28.6. The first-order valence-corrected chi connectivity index (χ1v) is 37.2. The molecule has 2 saturated carbocycles. The molecule has 4 aliphatic carbocycles. The van der Waals surface area contributed by atoms with E-state index in [4.69, 9.17) is 20.5 Å². The van der Waals surface area contributed by atoms with Crippen LogP contribution in [0, 0.1) is 69.0 Å². The summed E-state index contributed by atoms with van der Waals surface area (Å²) in [5, 5.41) is 65.3. The minimum absolute atomic E-state index is 0.0647. The number of hydrogen-bond acceptors (Lipinski definition) is 15. The van der Waals surface area contributed by atoms with Gasteiger partial charge >= 0.3 is 19.6 Å². The van der Waals surface area contributed by atoms with Crippen LogP contribution in [0.5, 0.6) is 0 Å². The lowest BCUT2D eigenvalue weighted by atomic mass is 9.80. The Hall–Kier alpha value is -12.7. The van der Waals surface area contributed by atoms with E-state index in [2.05, 4.69) is 98.0 Å². The molecule has 11 heterocycles. The Kier molecular flexibility index (Phi) is 21.9. The SMILES string of the molecule is N#CC1CC=C(c2nccn3ncc(-c4ccc(-c5cnn(C(F)F)c5)cc4)c23)CC1.N#CC1CC=C(c2nccn3ncc(Br)c23)CC1.N#CC1CCC(c2nccn3ncc(-c4ccc(-c5cnn(C(F)F)c5)cc4)c23)CC1.N#CC1CCC(c2nccn3ncc(-c4ccc(-c5cnn(C(F)F)c5)cc4)c23)CC1. The number of allylic oxidation sites excluding steroid dienone is 4. The van der Waals surface area contributed by atoms with Crippen LogP contribution in [0.15, 0.2) is 201 Å². The summed E-state index contributed by atoms with van der Waals surface area (Å²) >= 11 is 3.51. The molecule has 2 atom stereocenters. The van der Waals surface area contributed by atoms with Gasteiger partial charge in [-0.05, 0) is 150 Å². The standard InChI is InChI=1S/2C23H20F2N6.C23H18F2N6.C13H11BrN4/c3*24-23(25)31-14-19(12-28-31)16-5-7-17(8-6-16)20-13-29-30-10-9-27-21(22(20)30)18-3-1-15(11-26)2-4-18;14-11-8-17-18-6-5-16-12(13(11)18)10-3-1-9(7-15)2-4-10/h2*5-10,12-15,18,23H,1-4H2;3,5-10,12-15,23H,1-2,4H2;3,5-6,8-9H,1-2,4H2. The predicted octanol–water partition coefficient (Wildman–Crippen LogP) is 19.5. The summed E-state index contributed by atoms with van der Waals surface area (Å²) in [6.07, 6.45) is 46.6. The molecule has 11 aromatic heterocycles. The fourth-order valence-corrected chi connectivity index (χ4v) is 15.6. The van der Waals surface area contributed by atoms with Gasteiger partial charge < -0.3 is 0 Å². The van der Waals surface area contributed by atoms with E-state index in [-0.39, 0.29) is 23.7 Å². The zero-order valence-corrected chi connectivity index (χ0v) is 61.1. The van der Waals surface area contributed by atoms with Crippen molar-refractivity contribution in [1.82, 2.24) is 87.7 Å². The minimum Gasteiger partial charge on any atom is -0.257 e. The second-order valence-electron chi connectivity index (χ2n) is 27.7. The first-order valence-electron chi connectivity index (χ1n) is 36.4. The van der Waals surface area contributed by atoms with Gasteiger partial charge in [0.15, 0.2) is 0 Å². The number of hydrogen-bond donors (Lipinski definition) is 0. The smallest absolute Gasteiger partial charge is 0.257 e. The number of alkyl halides is 6. The molecule has 4 aliphatic rings. The molecule has 0 amide bonds. The van der Waals surface area contributed by atoms with E-state index in [1.54, 1.807) is 31.0 Å². The topological polar surface area (TPSA) is 269 Å². The van der Waals surface area contributed by atoms with Crippen molar-refractivity contribution in [3.63, 3.8) is 0 Å². The Morgan fingerprint density at radius 2 is 0.658 bits per heavy atom. The van der Waals surface area contributed by atoms with Crippen LogP contribution in [0.1, 0.15) is 144 Å². The summed E-state index contributed by atoms with van der Waals surface area (Å²) in [5.74, 6) is 1.12. The number of rotatable bonds is 13. The highest BCUT2D eigenvalue weighted by molar-refractivity contribution is 9.10. The van der Waals surface area contributed by atoms with Gasteiger partial charge in [-0.3, -0.25) is 19.9 Å². The number of nitrogens with zero attached hydrogens (tertiary/aromatic N) is 22. The molecule has 14 aromatic rings. The maximum Gasteiger partial charge on any atom is 0.333 e. The fourth-order valence-electron chi connectivity index (χ4n) is 15.1. The summed E-state index contributed by atoms with van der Waals surface area (Å²) in [4.78, 5) is 18.5. The molecule has 0 N–H and O–H groups in total. The molecule has 2 unspecified atom stereocenters. The largest absolute Gasteiger partial charge is 0.333 e. The number of halogens is 7. The van der Waals surface area contributed by atoms with Crippen molar-refractivity contribution in [3.8, 4) is 91.0 Å². The zero-order chi connectivity index (χ0) is 76.7. The van der Waals surface area contributed by atoms with E-state index >= 15 is 0 Å². The Labute approximate surface area is 640 Å². The molecule has 0 aliphatic heterocycles. The van der Waals surface area contributed by atoms with Crippen LogP contribution < -0.4 is 0 Å². The van der Waals surface area contributed by atoms with E-state index in [0.29, 0.717) is 42.6 Å². The van der Waals surface area contributed by atoms with Crippen LogP contribution in [0.2, 0.25) is 0 Å². The lowest BCUT2D eigenvalue weighted by molar-refractivity contribution is 0.0562. The minimum atomic E-state index is -2.66. The van der Waals surface area contributed by atoms with Gasteiger partial charge in [-0.15, -0.1) is 0 Å². The Morgan fingerprint density at radius 3 is 0.991 bits per heavy atom. The molecular formula is C82H69BrF6N22. The molecule has 556 valence electrons. The van der Waals surface area contributed by atoms with E-state index in [0.717, 1.165) is 195 Å². The van der Waals surface area contributed by atoms with Crippen LogP contribution in [0.4, 0.5) is 26.3 Å². The summed E-state index contributed by atoms with van der Waals surface area (Å²) in [6, 6.07) is 32.6. The van der Waals surface area contributed by atoms with Gasteiger partial charge in [0.25, 0.3) is 0 Å². The number of aromatic nitrogens is 18. The average Bonchev–Trinajstić information content (AvgIpc) is 1.66. The first-order chi connectivity index (χ1) is 54.2. The Morgan fingerprint density at radius 1 is 0.342 bits per heavy atom. The molecule has 2 fully saturated rings. The number of nitriles is 4. The van der Waals surface area contributed by atoms with Crippen molar-refractivity contribution >= 4 is 49.1 Å². The highest BCUT2D eigenvalue weighted by Crippen LogP contribution is 2.43. The molecule has 29 heteroatoms. The van der Waals surface area contributed by atoms with Gasteiger partial charge in [0.2, 0.25) is 0 Å². The highest BCUT2D eigenvalue weighted by Gasteiger charge is 2.30. The molecule has 22 nitrogen and oxygen atoms in total. The molecule has 111 heavy (non-hydrogen) atoms. The van der Waals surface area contributed by atoms with Crippen LogP contribution in [-0.2, 0) is 0 Å². The molecule has 18 rings (SSSR count). The maximum absolute atomic E-state index is 12.8. The first kappa shape index (κ1) is 73.8. The molecular weight excluding hydrogens is 1490 g/mol. The monoisotopic (exact) mass is 1550 g/mol. The van der Waals surface area contributed by atoms with Gasteiger partial charge in [-0.2, -0.15) is 83.1 Å². The summed E-state index contributed by atoms with van der Waals surface area (Å²) in [5.41, 5.74) is 20.4. The van der Waals surface area contributed by atoms with E-state index < -0.39 is 19.6 Å². The lowest BCUT2D eigenvalue weighted by Gasteiger charge is -2.24. The summed E-state index contributed by atoms with van der Waals surface area (Å²) in [6.45, 7) is -7.96. The van der Waals surface area contributed by atoms with Crippen molar-refractivity contribution in [1.29, 1.82) is 21.0 Å². The van der Waals surface area contributed by atoms with Crippen LogP contribution >= 0.6 is 15.9 Å². The highest BCUT2D eigenvalue weighted by atomic mass is 79.9. The van der Waals surface area contributed by atoms with Gasteiger partial charge in [0.1, 0.15) is 5.52 Å². The summed E-state index contributed by atoms with van der Waals surface area (Å²) < 4.78 is 87.0. The zero-order valence-electron chi connectivity index (χ0n) is 59.6. The van der Waals surface area contributed by atoms with Gasteiger partial charge in [0.05, 0.1) is 123 Å². The van der Waals surface area contributed by atoms with Crippen LogP contribution in [0.25, 0.3) is 100.0 Å². The predicted molar refractivity (Wildman–Crippen MR) is 406 cm³/mol. The number of fused-ring (bicyclic) bond motifs is 4. The third-order valence-corrected chi connectivity index (χ3v) is 21.7. The quantitative estimate of drug-likeness (QED) is 0.0971. The Balaban J connectivity index is 0.000000119. The Bertz CT molecular complexity index is 5680. The lowest BCUT2D eigenvalue weighted by Crippen LogP contribution is -2.14. The second kappa shape index (κ2) is 33.0. The molecule has 3 aromatic carbocycles. The third-order valence-electron chi connectivity index (χ3n) is 21.1. The van der Waals surface area contributed by atoms with E-state index in [1.807, 2.05) is 134 Å². The van der Waals surface area contributed by atoms with Crippen molar-refractivity contribution in [2.45, 2.75) is 121 Å². The molecule has 0 saturated heterocycles. The average molecular weight is 1560 g/mol. The van der Waals surface area contributed by atoms with Gasteiger partial charge in [-0.25, -0.2) is 32.1 Å². The molecule has 0 radical (unpaired) electrons. The fraction of sp³-hybridized carbons (Fsp3) is 0.280. The van der Waals surface area contributed by atoms with Crippen LogP contribution in [-0.4, -0.2) is 87.7 Å². The van der Waals surface area contributed by atoms with E-state index in [9.17, 15) is 36.9 Å². The molecule has 0 bridgehead atoms. The van der Waals surface area contributed by atoms with Crippen LogP contribution in [0.3, 0.4) is 0 Å². The van der Waals surface area contributed by atoms with Crippen molar-refractivity contribution in [3.05, 3.63) is 224 Å². The van der Waals surface area contributed by atoms with Crippen molar-refractivity contribution in [2.24, 2.45) is 23.7 Å². The normalized spacial score (nSPS) is 18.4.